The number of benzene rings is 2. The van der Waals surface area contributed by atoms with E-state index < -0.39 is 0 Å². The van der Waals surface area contributed by atoms with Gasteiger partial charge >= 0.3 is 0 Å². The Kier molecular flexibility index (Phi) is 5.34. The Hall–Kier alpha value is -2.61. The highest BCUT2D eigenvalue weighted by Crippen LogP contribution is 2.44. The number of aryl methyl sites for hydroxylation is 1. The maximum absolute atomic E-state index is 8.33. The molecule has 2 heteroatoms. The van der Waals surface area contributed by atoms with Gasteiger partial charge in [-0.05, 0) is 98.6 Å². The van der Waals surface area contributed by atoms with E-state index in [4.69, 9.17) is 5.41 Å². The van der Waals surface area contributed by atoms with Gasteiger partial charge in [-0.2, -0.15) is 0 Å². The molecule has 0 fully saturated rings. The minimum atomic E-state index is 0.977. The molecule has 28 heavy (non-hydrogen) atoms. The smallest absolute Gasteiger partial charge is 0.0447 e. The summed E-state index contributed by atoms with van der Waals surface area (Å²) in [7, 11) is 4.16. The predicted molar refractivity (Wildman–Crippen MR) is 124 cm³/mol. The van der Waals surface area contributed by atoms with Crippen molar-refractivity contribution in [2.45, 2.75) is 48.0 Å². The summed E-state index contributed by atoms with van der Waals surface area (Å²) in [5.74, 6) is 0. The molecule has 0 radical (unpaired) electrons. The average Bonchev–Trinajstić information content (AvgIpc) is 2.92. The lowest BCUT2D eigenvalue weighted by Crippen LogP contribution is -2.12. The van der Waals surface area contributed by atoms with E-state index in [1.807, 2.05) is 0 Å². The molecule has 3 rings (SSSR count). The molecule has 1 N–H and O–H groups in total. The second kappa shape index (κ2) is 7.43. The number of nitrogens with zero attached hydrogens (tertiary/aromatic N) is 1. The van der Waals surface area contributed by atoms with Gasteiger partial charge in [-0.3, -0.25) is 0 Å². The fourth-order valence-corrected chi connectivity index (χ4v) is 4.28. The van der Waals surface area contributed by atoms with Crippen LogP contribution in [0.1, 0.15) is 55.0 Å². The fourth-order valence-electron chi connectivity index (χ4n) is 4.28. The van der Waals surface area contributed by atoms with Crippen LogP contribution in [0.2, 0.25) is 0 Å². The Balaban J connectivity index is 2.37. The summed E-state index contributed by atoms with van der Waals surface area (Å²) in [6.07, 6.45) is 2.53. The van der Waals surface area contributed by atoms with Crippen LogP contribution in [0.3, 0.4) is 0 Å². The Labute approximate surface area is 170 Å². The summed E-state index contributed by atoms with van der Waals surface area (Å²) in [6.45, 7) is 13.2. The largest absolute Gasteiger partial charge is 0.377 e. The first-order chi connectivity index (χ1) is 13.2. The molecule has 2 nitrogen and oxygen atoms in total. The third kappa shape index (κ3) is 3.11. The van der Waals surface area contributed by atoms with Crippen LogP contribution in [0.25, 0.3) is 16.7 Å². The third-order valence-corrected chi connectivity index (χ3v) is 6.60. The molecular formula is C26H32N2. The molecule has 2 aromatic rings. The van der Waals surface area contributed by atoms with E-state index in [9.17, 15) is 0 Å². The Morgan fingerprint density at radius 1 is 0.821 bits per heavy atom. The van der Waals surface area contributed by atoms with Crippen LogP contribution in [-0.2, 0) is 0 Å². The van der Waals surface area contributed by atoms with Crippen molar-refractivity contribution in [1.82, 2.24) is 0 Å². The summed E-state index contributed by atoms with van der Waals surface area (Å²) in [6, 6.07) is 8.85. The maximum Gasteiger partial charge on any atom is 0.0447 e. The van der Waals surface area contributed by atoms with Gasteiger partial charge in [0, 0.05) is 37.1 Å². The van der Waals surface area contributed by atoms with E-state index >= 15 is 0 Å². The fraction of sp³-hybridized carbons (Fsp3) is 0.346. The first kappa shape index (κ1) is 20.1. The molecule has 2 aromatic carbocycles. The van der Waals surface area contributed by atoms with Gasteiger partial charge in [0.15, 0.2) is 0 Å². The van der Waals surface area contributed by atoms with E-state index in [1.165, 1.54) is 55.7 Å². The third-order valence-electron chi connectivity index (χ3n) is 6.60. The lowest BCUT2D eigenvalue weighted by atomic mass is 9.85. The van der Waals surface area contributed by atoms with E-state index in [1.54, 1.807) is 6.21 Å². The molecule has 0 spiro atoms. The molecular weight excluding hydrogens is 340 g/mol. The van der Waals surface area contributed by atoms with E-state index in [2.05, 4.69) is 84.8 Å². The lowest BCUT2D eigenvalue weighted by molar-refractivity contribution is 1.13. The van der Waals surface area contributed by atoms with Crippen molar-refractivity contribution in [2.24, 2.45) is 0 Å². The van der Waals surface area contributed by atoms with Crippen molar-refractivity contribution >= 4 is 17.5 Å². The van der Waals surface area contributed by atoms with Gasteiger partial charge in [0.1, 0.15) is 0 Å². The van der Waals surface area contributed by atoms with Crippen LogP contribution in [0.15, 0.2) is 41.0 Å². The molecule has 0 amide bonds. The zero-order valence-corrected chi connectivity index (χ0v) is 18.5. The predicted octanol–water partition coefficient (Wildman–Crippen LogP) is 6.86. The monoisotopic (exact) mass is 372 g/mol. The number of anilines is 1. The van der Waals surface area contributed by atoms with Gasteiger partial charge in [0.05, 0.1) is 0 Å². The van der Waals surface area contributed by atoms with Crippen molar-refractivity contribution in [3.8, 4) is 11.1 Å². The number of rotatable bonds is 4. The molecule has 0 unspecified atom stereocenters. The van der Waals surface area contributed by atoms with Crippen LogP contribution in [0.5, 0.6) is 0 Å². The minimum Gasteiger partial charge on any atom is -0.377 e. The van der Waals surface area contributed by atoms with Crippen LogP contribution in [-0.4, -0.2) is 20.3 Å². The van der Waals surface area contributed by atoms with Crippen LogP contribution in [0.4, 0.5) is 5.69 Å². The second-order valence-electron chi connectivity index (χ2n) is 8.33. The first-order valence-electron chi connectivity index (χ1n) is 9.97. The molecule has 0 saturated heterocycles. The number of hydrogen-bond donors (Lipinski definition) is 1. The SMILES string of the molecule is CC1=C(C)C(C)=C(c2ccc(N(C)C)c(-c3ccc(C)c(C)c3C)c2C=N)C1. The molecule has 1 aliphatic carbocycles. The van der Waals surface area contributed by atoms with Crippen molar-refractivity contribution < 1.29 is 0 Å². The van der Waals surface area contributed by atoms with Crippen LogP contribution in [0, 0.1) is 26.2 Å². The lowest BCUT2D eigenvalue weighted by Gasteiger charge is -2.24. The van der Waals surface area contributed by atoms with Gasteiger partial charge in [-0.25, -0.2) is 0 Å². The van der Waals surface area contributed by atoms with E-state index in [-0.39, 0.29) is 0 Å². The van der Waals surface area contributed by atoms with Gasteiger partial charge in [-0.15, -0.1) is 0 Å². The number of hydrogen-bond acceptors (Lipinski definition) is 2. The zero-order valence-electron chi connectivity index (χ0n) is 18.5. The maximum atomic E-state index is 8.33. The highest BCUT2D eigenvalue weighted by Gasteiger charge is 2.23. The average molecular weight is 373 g/mol. The standard InChI is InChI=1S/C26H32N2/c1-15-9-10-21(19(5)17(15)3)26-24(14-27)22(11-12-25(26)28(7)8)23-13-16(2)18(4)20(23)6/h9-12,14,27H,13H2,1-8H3. The van der Waals surface area contributed by atoms with Crippen molar-refractivity contribution in [3.63, 3.8) is 0 Å². The molecule has 0 aromatic heterocycles. The van der Waals surface area contributed by atoms with Gasteiger partial charge in [-0.1, -0.05) is 23.8 Å². The van der Waals surface area contributed by atoms with Crippen molar-refractivity contribution in [2.75, 3.05) is 19.0 Å². The molecule has 0 atom stereocenters. The highest BCUT2D eigenvalue weighted by atomic mass is 15.1. The minimum absolute atomic E-state index is 0.977. The summed E-state index contributed by atoms with van der Waals surface area (Å²) in [5.41, 5.74) is 15.3. The highest BCUT2D eigenvalue weighted by molar-refractivity contribution is 6.02. The van der Waals surface area contributed by atoms with E-state index in [0.29, 0.717) is 0 Å². The Morgan fingerprint density at radius 3 is 2.00 bits per heavy atom. The van der Waals surface area contributed by atoms with Gasteiger partial charge < -0.3 is 10.3 Å². The Bertz CT molecular complexity index is 1030. The topological polar surface area (TPSA) is 27.1 Å². The number of allylic oxidation sites excluding steroid dienone is 4. The Morgan fingerprint density at radius 2 is 1.46 bits per heavy atom. The zero-order chi connectivity index (χ0) is 20.7. The van der Waals surface area contributed by atoms with E-state index in [0.717, 1.165) is 17.7 Å². The summed E-state index contributed by atoms with van der Waals surface area (Å²) < 4.78 is 0. The summed E-state index contributed by atoms with van der Waals surface area (Å²) in [5, 5.41) is 8.33. The second-order valence-corrected chi connectivity index (χ2v) is 8.33. The normalized spacial score (nSPS) is 14.1. The molecule has 0 saturated carbocycles. The van der Waals surface area contributed by atoms with Crippen molar-refractivity contribution in [3.05, 3.63) is 68.8 Å². The van der Waals surface area contributed by atoms with Crippen molar-refractivity contribution in [1.29, 1.82) is 5.41 Å². The molecule has 0 aliphatic heterocycles. The molecule has 1 aliphatic rings. The molecule has 0 heterocycles. The van der Waals surface area contributed by atoms with Gasteiger partial charge in [0.2, 0.25) is 0 Å². The van der Waals surface area contributed by atoms with Crippen LogP contribution >= 0.6 is 0 Å². The molecule has 0 bridgehead atoms. The van der Waals surface area contributed by atoms with Gasteiger partial charge in [0.25, 0.3) is 0 Å². The quantitative estimate of drug-likeness (QED) is 0.583. The summed E-state index contributed by atoms with van der Waals surface area (Å²) in [4.78, 5) is 2.16. The molecule has 146 valence electrons. The summed E-state index contributed by atoms with van der Waals surface area (Å²) >= 11 is 0. The van der Waals surface area contributed by atoms with Crippen LogP contribution < -0.4 is 4.90 Å². The first-order valence-corrected chi connectivity index (χ1v) is 9.97. The number of nitrogens with one attached hydrogen (secondary N) is 1.